The summed E-state index contributed by atoms with van der Waals surface area (Å²) in [6, 6.07) is 12.5. The van der Waals surface area contributed by atoms with Crippen LogP contribution in [0.15, 0.2) is 42.5 Å². The average Bonchev–Trinajstić information content (AvgIpc) is 2.71. The highest BCUT2D eigenvalue weighted by molar-refractivity contribution is 5.63. The van der Waals surface area contributed by atoms with Gasteiger partial charge in [0.05, 0.1) is 0 Å². The van der Waals surface area contributed by atoms with Crippen LogP contribution in [-0.4, -0.2) is 0 Å². The van der Waals surface area contributed by atoms with E-state index < -0.39 is 11.6 Å². The Labute approximate surface area is 163 Å². The largest absolute Gasteiger partial charge is 0.204 e. The SMILES string of the molecule is CCCCCCCC1CCC(c2ccc(-c3ccc(F)c(F)c3)cc2)CC1. The van der Waals surface area contributed by atoms with Gasteiger partial charge < -0.3 is 0 Å². The molecular weight excluding hydrogens is 338 g/mol. The van der Waals surface area contributed by atoms with Gasteiger partial charge in [0, 0.05) is 0 Å². The predicted octanol–water partition coefficient (Wildman–Crippen LogP) is 8.27. The van der Waals surface area contributed by atoms with Gasteiger partial charge >= 0.3 is 0 Å². The van der Waals surface area contributed by atoms with Crippen LogP contribution < -0.4 is 0 Å². The lowest BCUT2D eigenvalue weighted by Gasteiger charge is -2.29. The number of unbranched alkanes of at least 4 members (excludes halogenated alkanes) is 4. The fourth-order valence-electron chi connectivity index (χ4n) is 4.44. The van der Waals surface area contributed by atoms with Crippen molar-refractivity contribution >= 4 is 0 Å². The average molecular weight is 371 g/mol. The molecule has 1 saturated carbocycles. The molecule has 0 spiro atoms. The molecule has 2 heteroatoms. The summed E-state index contributed by atoms with van der Waals surface area (Å²) >= 11 is 0. The Morgan fingerprint density at radius 3 is 2.07 bits per heavy atom. The zero-order valence-electron chi connectivity index (χ0n) is 16.5. The lowest BCUT2D eigenvalue weighted by molar-refractivity contribution is 0.302. The molecule has 0 heterocycles. The monoisotopic (exact) mass is 370 g/mol. The van der Waals surface area contributed by atoms with E-state index in [0.29, 0.717) is 5.92 Å². The van der Waals surface area contributed by atoms with Crippen molar-refractivity contribution in [1.82, 2.24) is 0 Å². The molecule has 0 bridgehead atoms. The Bertz CT molecular complexity index is 697. The molecule has 1 aliphatic rings. The molecule has 2 aromatic rings. The standard InChI is InChI=1S/C25H32F2/c1-2-3-4-5-6-7-19-8-10-20(11-9-19)21-12-14-22(15-13-21)23-16-17-24(26)25(27)18-23/h12-20H,2-11H2,1H3. The van der Waals surface area contributed by atoms with Crippen molar-refractivity contribution in [3.8, 4) is 11.1 Å². The normalized spacial score (nSPS) is 20.0. The zero-order chi connectivity index (χ0) is 19.1. The third-order valence-corrected chi connectivity index (χ3v) is 6.20. The number of hydrogen-bond donors (Lipinski definition) is 0. The second kappa shape index (κ2) is 10.0. The van der Waals surface area contributed by atoms with Crippen molar-refractivity contribution in [2.24, 2.45) is 5.92 Å². The molecular formula is C25H32F2. The first-order valence-corrected chi connectivity index (χ1v) is 10.7. The van der Waals surface area contributed by atoms with Gasteiger partial charge in [0.2, 0.25) is 0 Å². The summed E-state index contributed by atoms with van der Waals surface area (Å²) in [6.45, 7) is 2.27. The second-order valence-electron chi connectivity index (χ2n) is 8.17. The molecule has 27 heavy (non-hydrogen) atoms. The zero-order valence-corrected chi connectivity index (χ0v) is 16.5. The van der Waals surface area contributed by atoms with Crippen LogP contribution in [0.2, 0.25) is 0 Å². The first kappa shape index (κ1) is 20.0. The second-order valence-corrected chi connectivity index (χ2v) is 8.17. The van der Waals surface area contributed by atoms with Gasteiger partial charge in [-0.05, 0) is 66.3 Å². The van der Waals surface area contributed by atoms with Crippen LogP contribution in [0.25, 0.3) is 11.1 Å². The summed E-state index contributed by atoms with van der Waals surface area (Å²) in [5, 5.41) is 0. The van der Waals surface area contributed by atoms with Crippen molar-refractivity contribution in [3.63, 3.8) is 0 Å². The maximum absolute atomic E-state index is 13.4. The molecule has 0 unspecified atom stereocenters. The van der Waals surface area contributed by atoms with E-state index in [0.717, 1.165) is 17.0 Å². The van der Waals surface area contributed by atoms with Crippen molar-refractivity contribution < 1.29 is 8.78 Å². The van der Waals surface area contributed by atoms with Crippen LogP contribution in [0.4, 0.5) is 8.78 Å². The van der Waals surface area contributed by atoms with Crippen LogP contribution in [0.3, 0.4) is 0 Å². The van der Waals surface area contributed by atoms with Crippen LogP contribution >= 0.6 is 0 Å². The molecule has 0 atom stereocenters. The number of halogens is 2. The van der Waals surface area contributed by atoms with Gasteiger partial charge in [-0.2, -0.15) is 0 Å². The molecule has 0 saturated heterocycles. The van der Waals surface area contributed by atoms with E-state index in [4.69, 9.17) is 0 Å². The van der Waals surface area contributed by atoms with Gasteiger partial charge in [0.25, 0.3) is 0 Å². The van der Waals surface area contributed by atoms with E-state index in [1.54, 1.807) is 6.07 Å². The van der Waals surface area contributed by atoms with Gasteiger partial charge in [-0.25, -0.2) is 8.78 Å². The van der Waals surface area contributed by atoms with E-state index in [1.807, 2.05) is 12.1 Å². The minimum Gasteiger partial charge on any atom is -0.204 e. The molecule has 146 valence electrons. The van der Waals surface area contributed by atoms with Crippen molar-refractivity contribution in [1.29, 1.82) is 0 Å². The fraction of sp³-hybridized carbons (Fsp3) is 0.520. The first-order valence-electron chi connectivity index (χ1n) is 10.7. The summed E-state index contributed by atoms with van der Waals surface area (Å²) in [5.74, 6) is -0.00762. The maximum atomic E-state index is 13.4. The molecule has 0 amide bonds. The molecule has 0 aromatic heterocycles. The third-order valence-electron chi connectivity index (χ3n) is 6.20. The van der Waals surface area contributed by atoms with E-state index >= 15 is 0 Å². The fourth-order valence-corrected chi connectivity index (χ4v) is 4.44. The van der Waals surface area contributed by atoms with Crippen LogP contribution in [0, 0.1) is 17.6 Å². The molecule has 1 aliphatic carbocycles. The Hall–Kier alpha value is -1.70. The highest BCUT2D eigenvalue weighted by Crippen LogP contribution is 2.38. The lowest BCUT2D eigenvalue weighted by Crippen LogP contribution is -2.13. The topological polar surface area (TPSA) is 0 Å². The summed E-state index contributed by atoms with van der Waals surface area (Å²) in [7, 11) is 0. The molecule has 0 radical (unpaired) electrons. The van der Waals surface area contributed by atoms with Gasteiger partial charge in [-0.15, -0.1) is 0 Å². The van der Waals surface area contributed by atoms with Gasteiger partial charge in [0.1, 0.15) is 0 Å². The van der Waals surface area contributed by atoms with Gasteiger partial charge in [0.15, 0.2) is 11.6 Å². The highest BCUT2D eigenvalue weighted by Gasteiger charge is 2.22. The Kier molecular flexibility index (Phi) is 7.43. The van der Waals surface area contributed by atoms with Crippen molar-refractivity contribution in [2.45, 2.75) is 77.0 Å². The van der Waals surface area contributed by atoms with Crippen molar-refractivity contribution in [3.05, 3.63) is 59.7 Å². The molecule has 2 aromatic carbocycles. The molecule has 1 fully saturated rings. The number of benzene rings is 2. The van der Waals surface area contributed by atoms with Gasteiger partial charge in [-0.3, -0.25) is 0 Å². The molecule has 3 rings (SSSR count). The van der Waals surface area contributed by atoms with E-state index in [2.05, 4.69) is 19.1 Å². The first-order chi connectivity index (χ1) is 13.2. The van der Waals surface area contributed by atoms with E-state index in [-0.39, 0.29) is 0 Å². The Morgan fingerprint density at radius 1 is 0.741 bits per heavy atom. The lowest BCUT2D eigenvalue weighted by atomic mass is 9.77. The molecule has 0 nitrogen and oxygen atoms in total. The quantitative estimate of drug-likeness (QED) is 0.410. The smallest absolute Gasteiger partial charge is 0.159 e. The Morgan fingerprint density at radius 2 is 1.41 bits per heavy atom. The van der Waals surface area contributed by atoms with Gasteiger partial charge in [-0.1, -0.05) is 75.8 Å². The Balaban J connectivity index is 1.49. The number of rotatable bonds is 8. The van der Waals surface area contributed by atoms with Crippen LogP contribution in [-0.2, 0) is 0 Å². The highest BCUT2D eigenvalue weighted by atomic mass is 19.2. The summed E-state index contributed by atoms with van der Waals surface area (Å²) in [4.78, 5) is 0. The summed E-state index contributed by atoms with van der Waals surface area (Å²) < 4.78 is 26.6. The van der Waals surface area contributed by atoms with E-state index in [9.17, 15) is 8.78 Å². The molecule has 0 aliphatic heterocycles. The van der Waals surface area contributed by atoms with Crippen molar-refractivity contribution in [2.75, 3.05) is 0 Å². The minimum absolute atomic E-state index is 0.653. The summed E-state index contributed by atoms with van der Waals surface area (Å²) in [5.41, 5.74) is 3.06. The van der Waals surface area contributed by atoms with E-state index in [1.165, 1.54) is 81.9 Å². The third kappa shape index (κ3) is 5.64. The predicted molar refractivity (Wildman–Crippen MR) is 110 cm³/mol. The molecule has 0 N–H and O–H groups in total. The van der Waals surface area contributed by atoms with Crippen LogP contribution in [0.1, 0.15) is 82.6 Å². The van der Waals surface area contributed by atoms with Crippen LogP contribution in [0.5, 0.6) is 0 Å². The minimum atomic E-state index is -0.794. The number of hydrogen-bond acceptors (Lipinski definition) is 0. The maximum Gasteiger partial charge on any atom is 0.159 e. The summed E-state index contributed by atoms with van der Waals surface area (Å²) in [6.07, 6.45) is 13.6.